The summed E-state index contributed by atoms with van der Waals surface area (Å²) in [7, 11) is 3.67. The highest BCUT2D eigenvalue weighted by Gasteiger charge is 2.14. The molecule has 6 nitrogen and oxygen atoms in total. The van der Waals surface area contributed by atoms with E-state index in [2.05, 4.69) is 10.2 Å². The molecule has 0 spiro atoms. The van der Waals surface area contributed by atoms with Gasteiger partial charge in [0.25, 0.3) is 5.69 Å². The summed E-state index contributed by atoms with van der Waals surface area (Å²) in [6, 6.07) is 5.23. The Kier molecular flexibility index (Phi) is 6.97. The predicted molar refractivity (Wildman–Crippen MR) is 80.1 cm³/mol. The van der Waals surface area contributed by atoms with Crippen molar-refractivity contribution in [1.82, 2.24) is 4.90 Å². The second kappa shape index (κ2) is 8.50. The molecule has 1 N–H and O–H groups in total. The molecule has 0 bridgehead atoms. The number of nitro benzene ring substituents is 1. The number of methoxy groups -OCH3 is 1. The molecular formula is C14H23N3O3. The van der Waals surface area contributed by atoms with Gasteiger partial charge >= 0.3 is 0 Å². The molecule has 0 saturated carbocycles. The minimum absolute atomic E-state index is 0.127. The molecular weight excluding hydrogens is 258 g/mol. The Morgan fingerprint density at radius 1 is 1.45 bits per heavy atom. The third-order valence-electron chi connectivity index (χ3n) is 2.95. The maximum absolute atomic E-state index is 11.0. The monoisotopic (exact) mass is 281 g/mol. The highest BCUT2D eigenvalue weighted by atomic mass is 16.6. The molecule has 20 heavy (non-hydrogen) atoms. The summed E-state index contributed by atoms with van der Waals surface area (Å²) in [5.74, 6) is 0. The van der Waals surface area contributed by atoms with Gasteiger partial charge < -0.3 is 10.1 Å². The van der Waals surface area contributed by atoms with E-state index in [1.807, 2.05) is 20.0 Å². The van der Waals surface area contributed by atoms with E-state index in [4.69, 9.17) is 4.74 Å². The molecule has 0 heterocycles. The predicted octanol–water partition coefficient (Wildman–Crippen LogP) is 2.49. The van der Waals surface area contributed by atoms with E-state index in [9.17, 15) is 10.1 Å². The number of nitro groups is 1. The smallest absolute Gasteiger partial charge is 0.292 e. The number of anilines is 1. The summed E-state index contributed by atoms with van der Waals surface area (Å²) in [5.41, 5.74) is 1.77. The number of benzene rings is 1. The molecule has 112 valence electrons. The third-order valence-corrected chi connectivity index (χ3v) is 2.95. The van der Waals surface area contributed by atoms with Crippen molar-refractivity contribution in [2.45, 2.75) is 19.9 Å². The fourth-order valence-corrected chi connectivity index (χ4v) is 1.88. The topological polar surface area (TPSA) is 67.6 Å². The van der Waals surface area contributed by atoms with Crippen molar-refractivity contribution in [2.75, 3.05) is 39.2 Å². The number of likely N-dealkylation sites (N-methyl/N-ethyl adjacent to an activating group) is 1. The Labute approximate surface area is 119 Å². The van der Waals surface area contributed by atoms with Crippen LogP contribution in [0.25, 0.3) is 0 Å². The van der Waals surface area contributed by atoms with Crippen LogP contribution in [0, 0.1) is 10.1 Å². The van der Waals surface area contributed by atoms with E-state index in [1.165, 1.54) is 0 Å². The Morgan fingerprint density at radius 3 is 2.80 bits per heavy atom. The first-order chi connectivity index (χ1) is 9.58. The summed E-state index contributed by atoms with van der Waals surface area (Å²) >= 11 is 0. The molecule has 0 fully saturated rings. The number of rotatable bonds is 9. The second-order valence-electron chi connectivity index (χ2n) is 4.77. The quantitative estimate of drug-likeness (QED) is 0.556. The van der Waals surface area contributed by atoms with Crippen LogP contribution < -0.4 is 5.32 Å². The van der Waals surface area contributed by atoms with Gasteiger partial charge in [0.05, 0.1) is 11.5 Å². The van der Waals surface area contributed by atoms with E-state index in [0.29, 0.717) is 12.3 Å². The van der Waals surface area contributed by atoms with E-state index in [0.717, 1.165) is 31.6 Å². The molecule has 0 aliphatic rings. The molecule has 0 aromatic heterocycles. The van der Waals surface area contributed by atoms with Crippen LogP contribution in [-0.2, 0) is 11.3 Å². The van der Waals surface area contributed by atoms with Gasteiger partial charge in [-0.05, 0) is 25.1 Å². The van der Waals surface area contributed by atoms with Gasteiger partial charge in [0.2, 0.25) is 0 Å². The van der Waals surface area contributed by atoms with Crippen LogP contribution in [-0.4, -0.2) is 43.7 Å². The Balaban J connectivity index is 2.80. The summed E-state index contributed by atoms with van der Waals surface area (Å²) in [4.78, 5) is 12.8. The van der Waals surface area contributed by atoms with Gasteiger partial charge in [0.15, 0.2) is 0 Å². The molecule has 1 aromatic rings. The number of hydrogen-bond acceptors (Lipinski definition) is 5. The second-order valence-corrected chi connectivity index (χ2v) is 4.77. The Hall–Kier alpha value is -1.66. The summed E-state index contributed by atoms with van der Waals surface area (Å²) < 4.78 is 5.03. The van der Waals surface area contributed by atoms with Gasteiger partial charge in [0.1, 0.15) is 5.69 Å². The zero-order chi connectivity index (χ0) is 15.0. The average Bonchev–Trinajstić information content (AvgIpc) is 2.42. The fourth-order valence-electron chi connectivity index (χ4n) is 1.88. The maximum atomic E-state index is 11.0. The van der Waals surface area contributed by atoms with Crippen LogP contribution in [0.15, 0.2) is 18.2 Å². The van der Waals surface area contributed by atoms with Gasteiger partial charge in [-0.15, -0.1) is 0 Å². The molecule has 1 aromatic carbocycles. The van der Waals surface area contributed by atoms with Crippen LogP contribution in [0.2, 0.25) is 0 Å². The van der Waals surface area contributed by atoms with Gasteiger partial charge in [-0.1, -0.05) is 13.0 Å². The van der Waals surface area contributed by atoms with Crippen molar-refractivity contribution < 1.29 is 9.66 Å². The van der Waals surface area contributed by atoms with Gasteiger partial charge in [-0.25, -0.2) is 0 Å². The van der Waals surface area contributed by atoms with Crippen LogP contribution in [0.1, 0.15) is 18.9 Å². The Bertz CT molecular complexity index is 438. The lowest BCUT2D eigenvalue weighted by Crippen LogP contribution is -2.22. The molecule has 0 aliphatic heterocycles. The molecule has 6 heteroatoms. The number of nitrogens with zero attached hydrogens (tertiary/aromatic N) is 2. The lowest BCUT2D eigenvalue weighted by atomic mass is 10.1. The summed E-state index contributed by atoms with van der Waals surface area (Å²) in [6.45, 7) is 4.99. The number of hydrogen-bond donors (Lipinski definition) is 1. The van der Waals surface area contributed by atoms with Crippen LogP contribution in [0.4, 0.5) is 11.4 Å². The first kappa shape index (κ1) is 16.4. The largest absolute Gasteiger partial charge is 0.383 e. The van der Waals surface area contributed by atoms with Gasteiger partial charge in [-0.3, -0.25) is 15.0 Å². The fraction of sp³-hybridized carbons (Fsp3) is 0.571. The average molecular weight is 281 g/mol. The minimum Gasteiger partial charge on any atom is -0.383 e. The van der Waals surface area contributed by atoms with Crippen molar-refractivity contribution in [3.05, 3.63) is 33.9 Å². The zero-order valence-corrected chi connectivity index (χ0v) is 12.4. The van der Waals surface area contributed by atoms with Crippen LogP contribution >= 0.6 is 0 Å². The van der Waals surface area contributed by atoms with Crippen molar-refractivity contribution >= 4 is 11.4 Å². The summed E-state index contributed by atoms with van der Waals surface area (Å²) in [6.07, 6.45) is 0.926. The first-order valence-electron chi connectivity index (χ1n) is 6.77. The minimum atomic E-state index is -0.351. The third kappa shape index (κ3) is 5.14. The highest BCUT2D eigenvalue weighted by molar-refractivity contribution is 5.62. The molecule has 0 saturated heterocycles. The van der Waals surface area contributed by atoms with Crippen LogP contribution in [0.5, 0.6) is 0 Å². The van der Waals surface area contributed by atoms with Crippen molar-refractivity contribution in [2.24, 2.45) is 0 Å². The maximum Gasteiger partial charge on any atom is 0.292 e. The molecule has 0 unspecified atom stereocenters. The number of nitrogens with one attached hydrogen (secondary N) is 1. The zero-order valence-electron chi connectivity index (χ0n) is 12.4. The van der Waals surface area contributed by atoms with Crippen molar-refractivity contribution in [3.8, 4) is 0 Å². The van der Waals surface area contributed by atoms with Gasteiger partial charge in [0, 0.05) is 32.8 Å². The SMILES string of the molecule is CCCNc1cc(CN(C)CCOC)ccc1[N+](=O)[O-]. The van der Waals surface area contributed by atoms with Crippen molar-refractivity contribution in [1.29, 1.82) is 0 Å². The molecule has 0 aliphatic carbocycles. The molecule has 0 radical (unpaired) electrons. The van der Waals surface area contributed by atoms with E-state index < -0.39 is 0 Å². The highest BCUT2D eigenvalue weighted by Crippen LogP contribution is 2.25. The van der Waals surface area contributed by atoms with Crippen molar-refractivity contribution in [3.63, 3.8) is 0 Å². The van der Waals surface area contributed by atoms with E-state index in [-0.39, 0.29) is 10.6 Å². The van der Waals surface area contributed by atoms with E-state index >= 15 is 0 Å². The van der Waals surface area contributed by atoms with Gasteiger partial charge in [-0.2, -0.15) is 0 Å². The molecule has 0 atom stereocenters. The van der Waals surface area contributed by atoms with Crippen LogP contribution in [0.3, 0.4) is 0 Å². The standard InChI is InChI=1S/C14H23N3O3/c1-4-7-15-13-10-12(5-6-14(13)17(18)19)11-16(2)8-9-20-3/h5-6,10,15H,4,7-9,11H2,1-3H3. The lowest BCUT2D eigenvalue weighted by Gasteiger charge is -2.16. The number of ether oxygens (including phenoxy) is 1. The lowest BCUT2D eigenvalue weighted by molar-refractivity contribution is -0.384. The molecule has 1 rings (SSSR count). The normalized spacial score (nSPS) is 10.8. The first-order valence-corrected chi connectivity index (χ1v) is 6.77. The molecule has 0 amide bonds. The van der Waals surface area contributed by atoms with E-state index in [1.54, 1.807) is 19.2 Å². The Morgan fingerprint density at radius 2 is 2.20 bits per heavy atom. The summed E-state index contributed by atoms with van der Waals surface area (Å²) in [5, 5.41) is 14.1.